The SMILES string of the molecule is COc1ccccc1NCC(=O)N/N=C/c1ccc(OC(=O)c2cccs2)cc1. The van der Waals surface area contributed by atoms with E-state index in [0.717, 1.165) is 11.3 Å². The molecule has 29 heavy (non-hydrogen) atoms. The minimum atomic E-state index is -0.392. The van der Waals surface area contributed by atoms with Gasteiger partial charge in [-0.15, -0.1) is 11.3 Å². The lowest BCUT2D eigenvalue weighted by molar-refractivity contribution is -0.119. The summed E-state index contributed by atoms with van der Waals surface area (Å²) >= 11 is 1.32. The lowest BCUT2D eigenvalue weighted by atomic mass is 10.2. The number of rotatable bonds is 8. The first-order chi connectivity index (χ1) is 14.2. The van der Waals surface area contributed by atoms with E-state index in [1.54, 1.807) is 49.6 Å². The van der Waals surface area contributed by atoms with Gasteiger partial charge in [-0.3, -0.25) is 4.79 Å². The third-order valence-corrected chi connectivity index (χ3v) is 4.61. The summed E-state index contributed by atoms with van der Waals surface area (Å²) in [5.41, 5.74) is 3.92. The predicted molar refractivity (Wildman–Crippen MR) is 113 cm³/mol. The number of esters is 1. The van der Waals surface area contributed by atoms with E-state index in [1.165, 1.54) is 17.6 Å². The van der Waals surface area contributed by atoms with Crippen LogP contribution in [0.25, 0.3) is 0 Å². The van der Waals surface area contributed by atoms with Crippen molar-refractivity contribution in [3.63, 3.8) is 0 Å². The van der Waals surface area contributed by atoms with Crippen LogP contribution in [0.3, 0.4) is 0 Å². The van der Waals surface area contributed by atoms with Crippen LogP contribution in [0.1, 0.15) is 15.2 Å². The topological polar surface area (TPSA) is 89.0 Å². The van der Waals surface area contributed by atoms with E-state index in [9.17, 15) is 9.59 Å². The summed E-state index contributed by atoms with van der Waals surface area (Å²) in [4.78, 5) is 24.4. The Bertz CT molecular complexity index is 985. The molecule has 0 fully saturated rings. The number of hydrogen-bond acceptors (Lipinski definition) is 7. The number of nitrogens with zero attached hydrogens (tertiary/aromatic N) is 1. The van der Waals surface area contributed by atoms with Gasteiger partial charge in [-0.1, -0.05) is 18.2 Å². The molecule has 0 spiro atoms. The molecule has 0 unspecified atom stereocenters. The van der Waals surface area contributed by atoms with Crippen molar-refractivity contribution >= 4 is 35.1 Å². The van der Waals surface area contributed by atoms with E-state index < -0.39 is 5.97 Å². The fraction of sp³-hybridized carbons (Fsp3) is 0.0952. The normalized spacial score (nSPS) is 10.5. The molecule has 0 radical (unpaired) electrons. The molecule has 0 saturated carbocycles. The van der Waals surface area contributed by atoms with E-state index >= 15 is 0 Å². The molecule has 2 N–H and O–H groups in total. The highest BCUT2D eigenvalue weighted by atomic mass is 32.1. The molecule has 1 aromatic heterocycles. The number of carbonyl (C=O) groups is 2. The van der Waals surface area contributed by atoms with E-state index in [0.29, 0.717) is 16.4 Å². The van der Waals surface area contributed by atoms with Crippen molar-refractivity contribution in [1.82, 2.24) is 5.43 Å². The smallest absolute Gasteiger partial charge is 0.353 e. The molecule has 3 aromatic rings. The Morgan fingerprint density at radius 3 is 2.59 bits per heavy atom. The van der Waals surface area contributed by atoms with Gasteiger partial charge in [0.1, 0.15) is 16.4 Å². The summed E-state index contributed by atoms with van der Waals surface area (Å²) < 4.78 is 10.5. The number of nitrogens with one attached hydrogen (secondary N) is 2. The summed E-state index contributed by atoms with van der Waals surface area (Å²) in [6.07, 6.45) is 1.51. The highest BCUT2D eigenvalue weighted by molar-refractivity contribution is 7.12. The Hall–Kier alpha value is -3.65. The van der Waals surface area contributed by atoms with Crippen molar-refractivity contribution in [2.45, 2.75) is 0 Å². The Labute approximate surface area is 172 Å². The lowest BCUT2D eigenvalue weighted by Crippen LogP contribution is -2.26. The van der Waals surface area contributed by atoms with E-state index in [1.807, 2.05) is 23.6 Å². The number of anilines is 1. The van der Waals surface area contributed by atoms with Gasteiger partial charge in [0.25, 0.3) is 5.91 Å². The first-order valence-corrected chi connectivity index (χ1v) is 9.58. The first-order valence-electron chi connectivity index (χ1n) is 8.70. The first kappa shape index (κ1) is 20.1. The minimum absolute atomic E-state index is 0.0509. The van der Waals surface area contributed by atoms with Gasteiger partial charge < -0.3 is 14.8 Å². The van der Waals surface area contributed by atoms with Crippen molar-refractivity contribution in [2.24, 2.45) is 5.10 Å². The quantitative estimate of drug-likeness (QED) is 0.257. The van der Waals surface area contributed by atoms with Gasteiger partial charge in [-0.05, 0) is 53.4 Å². The molecule has 7 nitrogen and oxygen atoms in total. The second kappa shape index (κ2) is 10.0. The third kappa shape index (κ3) is 5.91. The van der Waals surface area contributed by atoms with Crippen molar-refractivity contribution in [2.75, 3.05) is 19.0 Å². The molecule has 0 saturated heterocycles. The van der Waals surface area contributed by atoms with Crippen molar-refractivity contribution in [1.29, 1.82) is 0 Å². The van der Waals surface area contributed by atoms with Crippen LogP contribution in [-0.2, 0) is 4.79 Å². The van der Waals surface area contributed by atoms with E-state index in [-0.39, 0.29) is 12.5 Å². The van der Waals surface area contributed by atoms with Gasteiger partial charge in [0, 0.05) is 0 Å². The highest BCUT2D eigenvalue weighted by Crippen LogP contribution is 2.22. The molecule has 0 aliphatic carbocycles. The fourth-order valence-electron chi connectivity index (χ4n) is 2.36. The lowest BCUT2D eigenvalue weighted by Gasteiger charge is -2.09. The average molecular weight is 409 g/mol. The second-order valence-electron chi connectivity index (χ2n) is 5.78. The van der Waals surface area contributed by atoms with Gasteiger partial charge in [0.05, 0.1) is 25.6 Å². The molecular weight excluding hydrogens is 390 g/mol. The predicted octanol–water partition coefficient (Wildman–Crippen LogP) is 3.54. The Morgan fingerprint density at radius 1 is 1.07 bits per heavy atom. The average Bonchev–Trinajstić information content (AvgIpc) is 3.29. The van der Waals surface area contributed by atoms with Gasteiger partial charge in [0.2, 0.25) is 0 Å². The van der Waals surface area contributed by atoms with E-state index in [2.05, 4.69) is 15.8 Å². The second-order valence-corrected chi connectivity index (χ2v) is 6.73. The van der Waals surface area contributed by atoms with Crippen LogP contribution < -0.4 is 20.2 Å². The molecule has 8 heteroatoms. The third-order valence-electron chi connectivity index (χ3n) is 3.76. The summed E-state index contributed by atoms with van der Waals surface area (Å²) in [7, 11) is 1.57. The maximum absolute atomic E-state index is 11.9. The zero-order valence-electron chi connectivity index (χ0n) is 15.6. The molecule has 0 aliphatic heterocycles. The van der Waals surface area contributed by atoms with Crippen LogP contribution in [0.15, 0.2) is 71.1 Å². The van der Waals surface area contributed by atoms with Crippen molar-refractivity contribution in [3.8, 4) is 11.5 Å². The number of thiophene rings is 1. The number of benzene rings is 2. The van der Waals surface area contributed by atoms with Gasteiger partial charge in [-0.2, -0.15) is 5.10 Å². The maximum atomic E-state index is 11.9. The van der Waals surface area contributed by atoms with Crippen molar-refractivity contribution < 1.29 is 19.1 Å². The Kier molecular flexibility index (Phi) is 6.96. The van der Waals surface area contributed by atoms with E-state index in [4.69, 9.17) is 9.47 Å². The van der Waals surface area contributed by atoms with Crippen LogP contribution in [0, 0.1) is 0 Å². The largest absolute Gasteiger partial charge is 0.495 e. The molecule has 0 atom stereocenters. The van der Waals surface area contributed by atoms with Crippen LogP contribution >= 0.6 is 11.3 Å². The summed E-state index contributed by atoms with van der Waals surface area (Å²) in [6.45, 7) is 0.0509. The Balaban J connectivity index is 1.46. The molecule has 0 bridgehead atoms. The van der Waals surface area contributed by atoms with Crippen LogP contribution in [0.5, 0.6) is 11.5 Å². The number of hydrazone groups is 1. The zero-order valence-corrected chi connectivity index (χ0v) is 16.4. The number of para-hydroxylation sites is 2. The molecule has 0 aliphatic rings. The van der Waals surface area contributed by atoms with Crippen LogP contribution in [-0.4, -0.2) is 31.7 Å². The van der Waals surface area contributed by atoms with Gasteiger partial charge in [-0.25, -0.2) is 10.2 Å². The number of amides is 1. The van der Waals surface area contributed by atoms with Gasteiger partial charge in [0.15, 0.2) is 0 Å². The number of hydrogen-bond donors (Lipinski definition) is 2. The van der Waals surface area contributed by atoms with Crippen LogP contribution in [0.2, 0.25) is 0 Å². The number of ether oxygens (including phenoxy) is 2. The zero-order chi connectivity index (χ0) is 20.5. The summed E-state index contributed by atoms with van der Waals surface area (Å²) in [5, 5.41) is 8.73. The molecule has 1 heterocycles. The van der Waals surface area contributed by atoms with Gasteiger partial charge >= 0.3 is 5.97 Å². The molecule has 2 aromatic carbocycles. The fourth-order valence-corrected chi connectivity index (χ4v) is 2.96. The van der Waals surface area contributed by atoms with Crippen molar-refractivity contribution in [3.05, 3.63) is 76.5 Å². The summed E-state index contributed by atoms with van der Waals surface area (Å²) in [6, 6.07) is 17.6. The standard InChI is InChI=1S/C21H19N3O4S/c1-27-18-6-3-2-5-17(18)22-14-20(25)24-23-13-15-8-10-16(11-9-15)28-21(26)19-7-4-12-29-19/h2-13,22H,14H2,1H3,(H,24,25)/b23-13+. The highest BCUT2D eigenvalue weighted by Gasteiger charge is 2.09. The minimum Gasteiger partial charge on any atom is -0.495 e. The molecular formula is C21H19N3O4S. The molecule has 3 rings (SSSR count). The molecule has 1 amide bonds. The van der Waals surface area contributed by atoms with Crippen LogP contribution in [0.4, 0.5) is 5.69 Å². The summed E-state index contributed by atoms with van der Waals surface area (Å²) in [5.74, 6) is 0.402. The monoisotopic (exact) mass is 409 g/mol. The maximum Gasteiger partial charge on any atom is 0.353 e. The Morgan fingerprint density at radius 2 is 1.86 bits per heavy atom. The molecule has 148 valence electrons. The number of methoxy groups -OCH3 is 1. The number of carbonyl (C=O) groups excluding carboxylic acids is 2.